The predicted octanol–water partition coefficient (Wildman–Crippen LogP) is 4.33. The van der Waals surface area contributed by atoms with E-state index in [2.05, 4.69) is 5.32 Å². The number of nitrogens with zero attached hydrogens (tertiary/aromatic N) is 1. The van der Waals surface area contributed by atoms with Gasteiger partial charge in [0.1, 0.15) is 11.3 Å². The number of barbiturate groups is 1. The molecule has 2 N–H and O–H groups in total. The maximum absolute atomic E-state index is 12.8. The highest BCUT2D eigenvalue weighted by molar-refractivity contribution is 6.40. The number of carbonyl (C=O) groups is 3. The molecule has 0 bridgehead atoms. The molecule has 1 fully saturated rings. The SMILES string of the molecule is Cc1ccc(N2C(=O)NC(=O)/C(=C\c3cc(Cl)cc(Cl)c3O)C2=O)cc1Cl. The monoisotopic (exact) mass is 424 g/mol. The van der Waals surface area contributed by atoms with Gasteiger partial charge >= 0.3 is 6.03 Å². The van der Waals surface area contributed by atoms with Crippen LogP contribution in [0.25, 0.3) is 6.08 Å². The Labute approximate surface area is 168 Å². The summed E-state index contributed by atoms with van der Waals surface area (Å²) >= 11 is 17.8. The van der Waals surface area contributed by atoms with E-state index < -0.39 is 17.8 Å². The number of nitrogens with one attached hydrogen (secondary N) is 1. The molecule has 0 unspecified atom stereocenters. The summed E-state index contributed by atoms with van der Waals surface area (Å²) in [7, 11) is 0. The molecule has 4 amide bonds. The molecule has 1 saturated heterocycles. The zero-order valence-corrected chi connectivity index (χ0v) is 16.0. The highest BCUT2D eigenvalue weighted by Crippen LogP contribution is 2.33. The summed E-state index contributed by atoms with van der Waals surface area (Å²) in [6.07, 6.45) is 1.11. The number of hydrogen-bond acceptors (Lipinski definition) is 4. The molecule has 0 atom stereocenters. The minimum Gasteiger partial charge on any atom is -0.506 e. The number of benzene rings is 2. The van der Waals surface area contributed by atoms with Gasteiger partial charge < -0.3 is 5.11 Å². The van der Waals surface area contributed by atoms with Crippen LogP contribution in [0.4, 0.5) is 10.5 Å². The van der Waals surface area contributed by atoms with Crippen LogP contribution >= 0.6 is 34.8 Å². The topological polar surface area (TPSA) is 86.7 Å². The van der Waals surface area contributed by atoms with E-state index in [1.807, 2.05) is 0 Å². The number of imide groups is 2. The average molecular weight is 426 g/mol. The number of rotatable bonds is 2. The minimum absolute atomic E-state index is 0.0451. The lowest BCUT2D eigenvalue weighted by atomic mass is 10.1. The van der Waals surface area contributed by atoms with Crippen molar-refractivity contribution in [2.45, 2.75) is 6.92 Å². The number of aryl methyl sites for hydroxylation is 1. The van der Waals surface area contributed by atoms with E-state index in [1.165, 1.54) is 24.3 Å². The second-order valence-corrected chi connectivity index (χ2v) is 6.97. The van der Waals surface area contributed by atoms with Crippen molar-refractivity contribution in [3.05, 3.63) is 62.1 Å². The second-order valence-electron chi connectivity index (χ2n) is 5.72. The molecular weight excluding hydrogens is 415 g/mol. The van der Waals surface area contributed by atoms with Crippen molar-refractivity contribution in [1.82, 2.24) is 5.32 Å². The van der Waals surface area contributed by atoms with Crippen LogP contribution in [0.5, 0.6) is 5.75 Å². The van der Waals surface area contributed by atoms with Crippen LogP contribution in [0.15, 0.2) is 35.9 Å². The fourth-order valence-corrected chi connectivity index (χ4v) is 3.15. The molecule has 3 rings (SSSR count). The number of phenols is 1. The van der Waals surface area contributed by atoms with Crippen LogP contribution in [-0.4, -0.2) is 23.0 Å². The molecule has 0 aliphatic carbocycles. The normalized spacial score (nSPS) is 16.1. The molecule has 138 valence electrons. The summed E-state index contributed by atoms with van der Waals surface area (Å²) in [6, 6.07) is 6.35. The quantitative estimate of drug-likeness (QED) is 0.554. The van der Waals surface area contributed by atoms with Crippen molar-refractivity contribution in [3.63, 3.8) is 0 Å². The third kappa shape index (κ3) is 3.64. The van der Waals surface area contributed by atoms with Gasteiger partial charge in [-0.2, -0.15) is 0 Å². The van der Waals surface area contributed by atoms with E-state index in [1.54, 1.807) is 13.0 Å². The van der Waals surface area contributed by atoms with E-state index in [9.17, 15) is 19.5 Å². The summed E-state index contributed by atoms with van der Waals surface area (Å²) in [6.45, 7) is 1.77. The van der Waals surface area contributed by atoms with Crippen LogP contribution in [-0.2, 0) is 9.59 Å². The Morgan fingerprint density at radius 2 is 1.74 bits per heavy atom. The largest absolute Gasteiger partial charge is 0.506 e. The van der Waals surface area contributed by atoms with Gasteiger partial charge in [0.2, 0.25) is 0 Å². The van der Waals surface area contributed by atoms with E-state index in [-0.39, 0.29) is 32.6 Å². The fraction of sp³-hybridized carbons (Fsp3) is 0.0556. The molecule has 2 aromatic rings. The van der Waals surface area contributed by atoms with Crippen LogP contribution in [0.1, 0.15) is 11.1 Å². The third-order valence-corrected chi connectivity index (χ3v) is 4.79. The van der Waals surface area contributed by atoms with Crippen molar-refractivity contribution in [2.75, 3.05) is 4.90 Å². The number of aromatic hydroxyl groups is 1. The van der Waals surface area contributed by atoms with E-state index in [0.717, 1.165) is 16.5 Å². The van der Waals surface area contributed by atoms with Gasteiger partial charge in [-0.3, -0.25) is 14.9 Å². The first-order valence-electron chi connectivity index (χ1n) is 7.54. The lowest BCUT2D eigenvalue weighted by Gasteiger charge is -2.26. The predicted molar refractivity (Wildman–Crippen MR) is 103 cm³/mol. The van der Waals surface area contributed by atoms with Crippen molar-refractivity contribution in [2.24, 2.45) is 0 Å². The molecule has 0 spiro atoms. The summed E-state index contributed by atoms with van der Waals surface area (Å²) in [5.41, 5.74) is 0.637. The number of halogens is 3. The molecule has 0 aromatic heterocycles. The lowest BCUT2D eigenvalue weighted by molar-refractivity contribution is -0.122. The number of carbonyl (C=O) groups excluding carboxylic acids is 3. The maximum Gasteiger partial charge on any atom is 0.335 e. The van der Waals surface area contributed by atoms with Gasteiger partial charge in [0, 0.05) is 15.6 Å². The standard InChI is InChI=1S/C18H11Cl3N2O4/c1-8-2-3-11(7-13(8)20)23-17(26)12(16(25)22-18(23)27)5-9-4-10(19)6-14(21)15(9)24/h2-7,24H,1H3,(H,22,25,27)/b12-5+. The smallest absolute Gasteiger partial charge is 0.335 e. The number of urea groups is 1. The van der Waals surface area contributed by atoms with Crippen LogP contribution in [0.3, 0.4) is 0 Å². The highest BCUT2D eigenvalue weighted by Gasteiger charge is 2.37. The Balaban J connectivity index is 2.09. The van der Waals surface area contributed by atoms with Crippen LogP contribution in [0.2, 0.25) is 15.1 Å². The lowest BCUT2D eigenvalue weighted by Crippen LogP contribution is -2.54. The molecule has 1 aliphatic rings. The first-order chi connectivity index (χ1) is 12.7. The molecule has 27 heavy (non-hydrogen) atoms. The zero-order valence-electron chi connectivity index (χ0n) is 13.7. The van der Waals surface area contributed by atoms with Gasteiger partial charge in [0.25, 0.3) is 11.8 Å². The summed E-state index contributed by atoms with van der Waals surface area (Å²) in [5.74, 6) is -2.13. The third-order valence-electron chi connectivity index (χ3n) is 3.87. The van der Waals surface area contributed by atoms with Crippen molar-refractivity contribution < 1.29 is 19.5 Å². The minimum atomic E-state index is -0.907. The first kappa shape index (κ1) is 19.2. The Bertz CT molecular complexity index is 1030. The van der Waals surface area contributed by atoms with Gasteiger partial charge in [-0.15, -0.1) is 0 Å². The molecule has 0 saturated carbocycles. The molecule has 1 aliphatic heterocycles. The number of phenolic OH excluding ortho intramolecular Hbond substituents is 1. The van der Waals surface area contributed by atoms with Crippen molar-refractivity contribution in [1.29, 1.82) is 0 Å². The second kappa shape index (κ2) is 7.23. The van der Waals surface area contributed by atoms with Gasteiger partial charge in [-0.25, -0.2) is 9.69 Å². The Kier molecular flexibility index (Phi) is 5.15. The number of hydrogen-bond donors (Lipinski definition) is 2. The summed E-state index contributed by atoms with van der Waals surface area (Å²) in [5, 5.41) is 12.6. The number of amides is 4. The summed E-state index contributed by atoms with van der Waals surface area (Å²) in [4.78, 5) is 38.0. The maximum atomic E-state index is 12.8. The Morgan fingerprint density at radius 1 is 1.04 bits per heavy atom. The van der Waals surface area contributed by atoms with Gasteiger partial charge in [0.15, 0.2) is 0 Å². The fourth-order valence-electron chi connectivity index (χ4n) is 2.46. The molecule has 2 aromatic carbocycles. The zero-order chi connectivity index (χ0) is 19.9. The van der Waals surface area contributed by atoms with Crippen molar-refractivity contribution in [3.8, 4) is 5.75 Å². The van der Waals surface area contributed by atoms with E-state index in [4.69, 9.17) is 34.8 Å². The van der Waals surface area contributed by atoms with Crippen LogP contribution in [0, 0.1) is 6.92 Å². The summed E-state index contributed by atoms with van der Waals surface area (Å²) < 4.78 is 0. The van der Waals surface area contributed by atoms with E-state index >= 15 is 0 Å². The Hall–Kier alpha value is -2.54. The number of anilines is 1. The highest BCUT2D eigenvalue weighted by atomic mass is 35.5. The van der Waals surface area contributed by atoms with Gasteiger partial charge in [-0.05, 0) is 42.8 Å². The molecule has 1 heterocycles. The first-order valence-corrected chi connectivity index (χ1v) is 8.68. The van der Waals surface area contributed by atoms with E-state index in [0.29, 0.717) is 5.02 Å². The molecule has 6 nitrogen and oxygen atoms in total. The van der Waals surface area contributed by atoms with Crippen molar-refractivity contribution >= 4 is 64.4 Å². The average Bonchev–Trinajstić information content (AvgIpc) is 2.58. The van der Waals surface area contributed by atoms with Gasteiger partial charge in [0.05, 0.1) is 10.7 Å². The Morgan fingerprint density at radius 3 is 2.41 bits per heavy atom. The molecule has 9 heteroatoms. The molecule has 0 radical (unpaired) electrons. The van der Waals surface area contributed by atoms with Gasteiger partial charge in [-0.1, -0.05) is 40.9 Å². The van der Waals surface area contributed by atoms with Crippen LogP contribution < -0.4 is 10.2 Å². The molecular formula is C18H11Cl3N2O4.